The minimum atomic E-state index is -0.544. The van der Waals surface area contributed by atoms with E-state index in [1.807, 2.05) is 54.6 Å². The highest BCUT2D eigenvalue weighted by Crippen LogP contribution is 2.21. The molecule has 0 aliphatic carbocycles. The molecular weight excluding hydrogens is 356 g/mol. The Morgan fingerprint density at radius 1 is 1.26 bits per heavy atom. The molecule has 0 unspecified atom stereocenters. The summed E-state index contributed by atoms with van der Waals surface area (Å²) in [5.74, 6) is -0.0531. The third kappa shape index (κ3) is 3.79. The summed E-state index contributed by atoms with van der Waals surface area (Å²) < 4.78 is 0.980. The third-order valence-electron chi connectivity index (χ3n) is 3.74. The van der Waals surface area contributed by atoms with Gasteiger partial charge in [0.1, 0.15) is 0 Å². The summed E-state index contributed by atoms with van der Waals surface area (Å²) >= 11 is 3.44. The van der Waals surface area contributed by atoms with Crippen molar-refractivity contribution in [2.24, 2.45) is 5.16 Å². The van der Waals surface area contributed by atoms with Gasteiger partial charge in [-0.3, -0.25) is 4.79 Å². The lowest BCUT2D eigenvalue weighted by Crippen LogP contribution is -2.36. The van der Waals surface area contributed by atoms with Gasteiger partial charge in [0, 0.05) is 30.0 Å². The summed E-state index contributed by atoms with van der Waals surface area (Å²) in [5.41, 5.74) is 2.87. The quantitative estimate of drug-likeness (QED) is 0.822. The summed E-state index contributed by atoms with van der Waals surface area (Å²) in [4.78, 5) is 19.6. The molecule has 1 aliphatic heterocycles. The first kappa shape index (κ1) is 15.7. The number of likely N-dealkylation sites (N-methyl/N-ethyl adjacent to an activating group) is 1. The maximum Gasteiger partial charge on any atom is 0.266 e. The molecule has 0 saturated heterocycles. The fraction of sp³-hybridized carbons (Fsp3) is 0.222. The van der Waals surface area contributed by atoms with Crippen LogP contribution in [-0.4, -0.2) is 29.7 Å². The maximum absolute atomic E-state index is 12.5. The van der Waals surface area contributed by atoms with Gasteiger partial charge in [0.2, 0.25) is 6.10 Å². The molecule has 1 heterocycles. The lowest BCUT2D eigenvalue weighted by Gasteiger charge is -2.19. The van der Waals surface area contributed by atoms with Gasteiger partial charge >= 0.3 is 0 Å². The first-order valence-corrected chi connectivity index (χ1v) is 8.20. The van der Waals surface area contributed by atoms with Crippen molar-refractivity contribution in [3.05, 3.63) is 70.2 Å². The van der Waals surface area contributed by atoms with Gasteiger partial charge in [0.05, 0.1) is 5.71 Å². The summed E-state index contributed by atoms with van der Waals surface area (Å²) in [7, 11) is 1.79. The van der Waals surface area contributed by atoms with Gasteiger partial charge in [0.15, 0.2) is 0 Å². The van der Waals surface area contributed by atoms with Gasteiger partial charge in [-0.15, -0.1) is 0 Å². The monoisotopic (exact) mass is 372 g/mol. The van der Waals surface area contributed by atoms with Gasteiger partial charge in [-0.25, -0.2) is 0 Å². The molecule has 0 bridgehead atoms. The molecule has 0 saturated carbocycles. The average Bonchev–Trinajstić information content (AvgIpc) is 3.05. The van der Waals surface area contributed by atoms with E-state index in [0.29, 0.717) is 13.0 Å². The molecule has 1 atom stereocenters. The first-order valence-electron chi connectivity index (χ1n) is 7.41. The Morgan fingerprint density at radius 3 is 2.78 bits per heavy atom. The Hall–Kier alpha value is -2.14. The summed E-state index contributed by atoms with van der Waals surface area (Å²) in [6, 6.07) is 17.7. The number of carbonyl (C=O) groups excluding carboxylic acids is 1. The zero-order chi connectivity index (χ0) is 16.2. The lowest BCUT2D eigenvalue weighted by molar-refractivity contribution is -0.141. The van der Waals surface area contributed by atoms with Crippen LogP contribution in [0.5, 0.6) is 0 Å². The van der Waals surface area contributed by atoms with Crippen molar-refractivity contribution in [2.75, 3.05) is 7.05 Å². The zero-order valence-electron chi connectivity index (χ0n) is 12.8. The number of amides is 1. The predicted octanol–water partition coefficient (Wildman–Crippen LogP) is 3.60. The van der Waals surface area contributed by atoms with Crippen molar-refractivity contribution in [2.45, 2.75) is 19.1 Å². The lowest BCUT2D eigenvalue weighted by atomic mass is 10.0. The second-order valence-corrected chi connectivity index (χ2v) is 6.44. The van der Waals surface area contributed by atoms with Crippen molar-refractivity contribution in [1.29, 1.82) is 0 Å². The Bertz CT molecular complexity index is 731. The molecule has 0 aromatic heterocycles. The number of carbonyl (C=O) groups is 1. The number of benzene rings is 2. The molecule has 3 rings (SSSR count). The van der Waals surface area contributed by atoms with Gasteiger partial charge < -0.3 is 9.74 Å². The van der Waals surface area contributed by atoms with E-state index in [9.17, 15) is 4.79 Å². The van der Waals surface area contributed by atoms with Crippen LogP contribution in [0, 0.1) is 0 Å². The molecule has 2 aromatic carbocycles. The number of hydrogen-bond donors (Lipinski definition) is 0. The topological polar surface area (TPSA) is 41.9 Å². The minimum Gasteiger partial charge on any atom is -0.382 e. The summed E-state index contributed by atoms with van der Waals surface area (Å²) in [5, 5.41) is 4.09. The fourth-order valence-corrected chi connectivity index (χ4v) is 2.93. The van der Waals surface area contributed by atoms with Crippen LogP contribution < -0.4 is 0 Å². The van der Waals surface area contributed by atoms with Crippen LogP contribution in [0.4, 0.5) is 0 Å². The van der Waals surface area contributed by atoms with E-state index in [-0.39, 0.29) is 5.91 Å². The number of oxime groups is 1. The molecule has 23 heavy (non-hydrogen) atoms. The molecule has 0 radical (unpaired) electrons. The number of hydrogen-bond acceptors (Lipinski definition) is 3. The molecule has 2 aromatic rings. The van der Waals surface area contributed by atoms with Crippen molar-refractivity contribution >= 4 is 27.5 Å². The predicted molar refractivity (Wildman–Crippen MR) is 93.1 cm³/mol. The van der Waals surface area contributed by atoms with E-state index < -0.39 is 6.10 Å². The number of halogens is 1. The average molecular weight is 373 g/mol. The molecule has 0 fully saturated rings. The van der Waals surface area contributed by atoms with E-state index in [0.717, 1.165) is 21.3 Å². The van der Waals surface area contributed by atoms with Crippen molar-refractivity contribution < 1.29 is 9.63 Å². The Kier molecular flexibility index (Phi) is 4.76. The highest BCUT2D eigenvalue weighted by atomic mass is 79.9. The zero-order valence-corrected chi connectivity index (χ0v) is 14.4. The molecule has 5 heteroatoms. The number of rotatable bonds is 4. The molecule has 0 spiro atoms. The molecule has 1 amide bonds. The van der Waals surface area contributed by atoms with Crippen LogP contribution in [0.3, 0.4) is 0 Å². The van der Waals surface area contributed by atoms with Crippen LogP contribution >= 0.6 is 15.9 Å². The Balaban J connectivity index is 1.62. The standard InChI is InChI=1S/C18H17BrN2O2/c1-21(12-13-6-3-2-4-7-13)18(22)17-11-16(20-23-17)14-8-5-9-15(19)10-14/h2-10,17H,11-12H2,1H3/t17-/m0/s1. The maximum atomic E-state index is 12.5. The molecule has 0 N–H and O–H groups in total. The first-order chi connectivity index (χ1) is 11.1. The highest BCUT2D eigenvalue weighted by molar-refractivity contribution is 9.10. The van der Waals surface area contributed by atoms with E-state index in [2.05, 4.69) is 21.1 Å². The van der Waals surface area contributed by atoms with Crippen LogP contribution in [0.2, 0.25) is 0 Å². The van der Waals surface area contributed by atoms with E-state index in [1.165, 1.54) is 0 Å². The summed E-state index contributed by atoms with van der Waals surface area (Å²) in [6.45, 7) is 0.561. The SMILES string of the molecule is CN(Cc1ccccc1)C(=O)[C@@H]1CC(c2cccc(Br)c2)=NO1. The van der Waals surface area contributed by atoms with E-state index >= 15 is 0 Å². The van der Waals surface area contributed by atoms with Gasteiger partial charge in [-0.1, -0.05) is 63.6 Å². The van der Waals surface area contributed by atoms with Gasteiger partial charge in [-0.05, 0) is 17.7 Å². The normalized spacial score (nSPS) is 16.6. The largest absolute Gasteiger partial charge is 0.382 e. The second kappa shape index (κ2) is 6.96. The molecular formula is C18H17BrN2O2. The second-order valence-electron chi connectivity index (χ2n) is 5.53. The Labute approximate surface area is 143 Å². The summed E-state index contributed by atoms with van der Waals surface area (Å²) in [6.07, 6.45) is -0.0493. The smallest absolute Gasteiger partial charge is 0.266 e. The van der Waals surface area contributed by atoms with E-state index in [1.54, 1.807) is 11.9 Å². The third-order valence-corrected chi connectivity index (χ3v) is 4.23. The van der Waals surface area contributed by atoms with Crippen LogP contribution in [0.15, 0.2) is 64.2 Å². The molecule has 1 aliphatic rings. The van der Waals surface area contributed by atoms with Crippen LogP contribution in [-0.2, 0) is 16.2 Å². The molecule has 118 valence electrons. The van der Waals surface area contributed by atoms with Gasteiger partial charge in [0.25, 0.3) is 5.91 Å². The molecule has 4 nitrogen and oxygen atoms in total. The van der Waals surface area contributed by atoms with Crippen LogP contribution in [0.1, 0.15) is 17.5 Å². The van der Waals surface area contributed by atoms with Gasteiger partial charge in [-0.2, -0.15) is 0 Å². The van der Waals surface area contributed by atoms with Crippen LogP contribution in [0.25, 0.3) is 0 Å². The van der Waals surface area contributed by atoms with Crippen molar-refractivity contribution in [3.8, 4) is 0 Å². The number of nitrogens with zero attached hydrogens (tertiary/aromatic N) is 2. The van der Waals surface area contributed by atoms with Crippen molar-refractivity contribution in [1.82, 2.24) is 4.90 Å². The van der Waals surface area contributed by atoms with E-state index in [4.69, 9.17) is 4.84 Å². The fourth-order valence-electron chi connectivity index (χ4n) is 2.53. The minimum absolute atomic E-state index is 0.0531. The Morgan fingerprint density at radius 2 is 2.04 bits per heavy atom. The highest BCUT2D eigenvalue weighted by Gasteiger charge is 2.31. The van der Waals surface area contributed by atoms with Crippen molar-refractivity contribution in [3.63, 3.8) is 0 Å².